The zero-order chi connectivity index (χ0) is 16.4. The second-order valence-electron chi connectivity index (χ2n) is 6.99. The van der Waals surface area contributed by atoms with Crippen LogP contribution in [0.2, 0.25) is 0 Å². The van der Waals surface area contributed by atoms with Crippen molar-refractivity contribution in [1.82, 2.24) is 4.90 Å². The average Bonchev–Trinajstić information content (AvgIpc) is 2.40. The summed E-state index contributed by atoms with van der Waals surface area (Å²) >= 11 is 3.41. The summed E-state index contributed by atoms with van der Waals surface area (Å²) in [5.41, 5.74) is -0.120. The molecule has 2 rings (SSSR count). The van der Waals surface area contributed by atoms with Gasteiger partial charge in [-0.2, -0.15) is 0 Å². The maximum absolute atomic E-state index is 12.0. The number of hydrogen-bond acceptors (Lipinski definition) is 3. The van der Waals surface area contributed by atoms with E-state index in [1.807, 2.05) is 45.0 Å². The summed E-state index contributed by atoms with van der Waals surface area (Å²) in [7, 11) is 0. The minimum absolute atomic E-state index is 0.293. The lowest BCUT2D eigenvalue weighted by atomic mass is 9.85. The van der Waals surface area contributed by atoms with Crippen LogP contribution in [0.1, 0.15) is 39.2 Å². The molecule has 0 unspecified atom stereocenters. The quantitative estimate of drug-likeness (QED) is 0.863. The van der Waals surface area contributed by atoms with Crippen LogP contribution in [0.3, 0.4) is 0 Å². The van der Waals surface area contributed by atoms with Crippen LogP contribution in [-0.4, -0.2) is 40.4 Å². The van der Waals surface area contributed by atoms with Gasteiger partial charge in [0.2, 0.25) is 0 Å². The summed E-state index contributed by atoms with van der Waals surface area (Å²) in [4.78, 5) is 13.7. The predicted octanol–water partition coefficient (Wildman–Crippen LogP) is 3.75. The van der Waals surface area contributed by atoms with E-state index < -0.39 is 11.2 Å². The van der Waals surface area contributed by atoms with Crippen molar-refractivity contribution in [1.29, 1.82) is 0 Å². The van der Waals surface area contributed by atoms with Crippen LogP contribution in [0.25, 0.3) is 0 Å². The second-order valence-corrected chi connectivity index (χ2v) is 7.91. The van der Waals surface area contributed by atoms with E-state index in [0.717, 1.165) is 10.0 Å². The number of likely N-dealkylation sites (tertiary alicyclic amines) is 1. The van der Waals surface area contributed by atoms with Crippen molar-refractivity contribution >= 4 is 22.0 Å². The molecule has 0 saturated carbocycles. The number of carbonyl (C=O) groups excluding carboxylic acids is 1. The zero-order valence-corrected chi connectivity index (χ0v) is 15.0. The van der Waals surface area contributed by atoms with E-state index in [1.165, 1.54) is 0 Å². The molecule has 1 aliphatic rings. The number of hydrogen-bond donors (Lipinski definition) is 1. The lowest BCUT2D eigenvalue weighted by molar-refractivity contribution is -0.0315. The van der Waals surface area contributed by atoms with Gasteiger partial charge in [-0.1, -0.05) is 28.1 Å². The molecular weight excluding hydrogens is 346 g/mol. The highest BCUT2D eigenvalue weighted by Gasteiger charge is 2.35. The standard InChI is InChI=1S/C17H24BrNO3/c1-16(2,3)22-15(20)19-10-8-17(21,9-11-19)12-13-4-6-14(18)7-5-13/h4-7,21H,8-12H2,1-3H3. The van der Waals surface area contributed by atoms with E-state index in [4.69, 9.17) is 4.74 Å². The normalized spacial score (nSPS) is 18.1. The Bertz CT molecular complexity index is 514. The van der Waals surface area contributed by atoms with Gasteiger partial charge < -0.3 is 14.7 Å². The van der Waals surface area contributed by atoms with E-state index in [2.05, 4.69) is 15.9 Å². The third-order valence-corrected chi connectivity index (χ3v) is 4.32. The van der Waals surface area contributed by atoms with Gasteiger partial charge in [-0.25, -0.2) is 4.79 Å². The fourth-order valence-electron chi connectivity index (χ4n) is 2.59. The SMILES string of the molecule is CC(C)(C)OC(=O)N1CCC(O)(Cc2ccc(Br)cc2)CC1. The van der Waals surface area contributed by atoms with Gasteiger partial charge in [0.1, 0.15) is 5.60 Å². The molecule has 0 aromatic heterocycles. The Morgan fingerprint density at radius 2 is 1.82 bits per heavy atom. The first-order valence-corrected chi connectivity index (χ1v) is 8.41. The number of nitrogens with zero attached hydrogens (tertiary/aromatic N) is 1. The molecule has 1 amide bonds. The summed E-state index contributed by atoms with van der Waals surface area (Å²) < 4.78 is 6.41. The minimum Gasteiger partial charge on any atom is -0.444 e. The van der Waals surface area contributed by atoms with Gasteiger partial charge in [0.25, 0.3) is 0 Å². The summed E-state index contributed by atoms with van der Waals surface area (Å²) in [6, 6.07) is 7.99. The fraction of sp³-hybridized carbons (Fsp3) is 0.588. The molecule has 0 bridgehead atoms. The van der Waals surface area contributed by atoms with E-state index in [0.29, 0.717) is 32.4 Å². The molecule has 22 heavy (non-hydrogen) atoms. The molecule has 1 aromatic rings. The summed E-state index contributed by atoms with van der Waals surface area (Å²) in [5, 5.41) is 10.7. The Hall–Kier alpha value is -1.07. The maximum Gasteiger partial charge on any atom is 0.410 e. The van der Waals surface area contributed by atoms with Crippen molar-refractivity contribution in [3.8, 4) is 0 Å². The van der Waals surface area contributed by atoms with E-state index in [1.54, 1.807) is 4.90 Å². The van der Waals surface area contributed by atoms with Crippen LogP contribution in [0.15, 0.2) is 28.7 Å². The molecule has 5 heteroatoms. The molecule has 0 radical (unpaired) electrons. The number of halogens is 1. The number of ether oxygens (including phenoxy) is 1. The van der Waals surface area contributed by atoms with Gasteiger partial charge in [-0.15, -0.1) is 0 Å². The van der Waals surface area contributed by atoms with Gasteiger partial charge in [-0.3, -0.25) is 0 Å². The average molecular weight is 370 g/mol. The third-order valence-electron chi connectivity index (χ3n) is 3.79. The highest BCUT2D eigenvalue weighted by Crippen LogP contribution is 2.27. The topological polar surface area (TPSA) is 49.8 Å². The van der Waals surface area contributed by atoms with Crippen LogP contribution in [0.5, 0.6) is 0 Å². The Morgan fingerprint density at radius 3 is 2.32 bits per heavy atom. The Labute approximate surface area is 140 Å². The second kappa shape index (κ2) is 6.59. The molecule has 122 valence electrons. The lowest BCUT2D eigenvalue weighted by Gasteiger charge is -2.38. The van der Waals surface area contributed by atoms with E-state index in [9.17, 15) is 9.90 Å². The first-order chi connectivity index (χ1) is 10.2. The molecule has 1 heterocycles. The molecule has 4 nitrogen and oxygen atoms in total. The Kier molecular flexibility index (Phi) is 5.17. The van der Waals surface area contributed by atoms with Crippen LogP contribution in [0, 0.1) is 0 Å². The van der Waals surface area contributed by atoms with Crippen molar-refractivity contribution in [3.05, 3.63) is 34.3 Å². The van der Waals surface area contributed by atoms with Crippen LogP contribution < -0.4 is 0 Å². The van der Waals surface area contributed by atoms with Crippen LogP contribution >= 0.6 is 15.9 Å². The largest absolute Gasteiger partial charge is 0.444 e. The minimum atomic E-state index is -0.744. The van der Waals surface area contributed by atoms with Crippen molar-refractivity contribution in [2.45, 2.75) is 51.2 Å². The number of aliphatic hydroxyl groups is 1. The first-order valence-electron chi connectivity index (χ1n) is 7.62. The van der Waals surface area contributed by atoms with Crippen molar-refractivity contribution in [3.63, 3.8) is 0 Å². The van der Waals surface area contributed by atoms with Gasteiger partial charge in [0.05, 0.1) is 5.60 Å². The van der Waals surface area contributed by atoms with Crippen molar-refractivity contribution in [2.75, 3.05) is 13.1 Å². The molecule has 0 spiro atoms. The first kappa shape index (κ1) is 17.3. The third kappa shape index (κ3) is 4.99. The molecule has 1 saturated heterocycles. The summed E-state index contributed by atoms with van der Waals surface area (Å²) in [6.45, 7) is 6.64. The zero-order valence-electron chi connectivity index (χ0n) is 13.4. The molecular formula is C17H24BrNO3. The van der Waals surface area contributed by atoms with E-state index in [-0.39, 0.29) is 6.09 Å². The molecule has 0 atom stereocenters. The molecule has 1 aromatic carbocycles. The van der Waals surface area contributed by atoms with Crippen LogP contribution in [0.4, 0.5) is 4.79 Å². The maximum atomic E-state index is 12.0. The van der Waals surface area contributed by atoms with Gasteiger partial charge in [0, 0.05) is 24.0 Å². The van der Waals surface area contributed by atoms with Gasteiger partial charge in [-0.05, 0) is 51.3 Å². The summed E-state index contributed by atoms with van der Waals surface area (Å²) in [6.07, 6.45) is 1.46. The smallest absolute Gasteiger partial charge is 0.410 e. The number of amides is 1. The monoisotopic (exact) mass is 369 g/mol. The molecule has 1 fully saturated rings. The van der Waals surface area contributed by atoms with Crippen molar-refractivity contribution < 1.29 is 14.6 Å². The van der Waals surface area contributed by atoms with Crippen molar-refractivity contribution in [2.24, 2.45) is 0 Å². The number of benzene rings is 1. The van der Waals surface area contributed by atoms with Crippen LogP contribution in [-0.2, 0) is 11.2 Å². The Morgan fingerprint density at radius 1 is 1.27 bits per heavy atom. The highest BCUT2D eigenvalue weighted by atomic mass is 79.9. The van der Waals surface area contributed by atoms with E-state index >= 15 is 0 Å². The molecule has 0 aliphatic carbocycles. The molecule has 1 aliphatic heterocycles. The summed E-state index contributed by atoms with van der Waals surface area (Å²) in [5.74, 6) is 0. The highest BCUT2D eigenvalue weighted by molar-refractivity contribution is 9.10. The Balaban J connectivity index is 1.90. The van der Waals surface area contributed by atoms with Gasteiger partial charge >= 0.3 is 6.09 Å². The number of carbonyl (C=O) groups is 1. The number of piperidine rings is 1. The van der Waals surface area contributed by atoms with Gasteiger partial charge in [0.15, 0.2) is 0 Å². The fourth-order valence-corrected chi connectivity index (χ4v) is 2.86. The number of rotatable bonds is 2. The predicted molar refractivity (Wildman–Crippen MR) is 89.8 cm³/mol. The lowest BCUT2D eigenvalue weighted by Crippen LogP contribution is -2.49. The molecule has 1 N–H and O–H groups in total.